The minimum Gasteiger partial charge on any atom is -0.370 e. The van der Waals surface area contributed by atoms with Crippen LogP contribution in [0.15, 0.2) is 4.99 Å². The molecule has 0 amide bonds. The summed E-state index contributed by atoms with van der Waals surface area (Å²) in [5.74, 6) is 4.48. The van der Waals surface area contributed by atoms with Gasteiger partial charge in [0.2, 0.25) is 0 Å². The van der Waals surface area contributed by atoms with Gasteiger partial charge < -0.3 is 17.2 Å². The standard InChI is InChI=1S/C7H17N3.C7H17N.C7H16.C6H14.C5H12/c1-6(2)4-3-5-10-7(8)9;1-7(2)5-3-4-6-8;1-4-5-6-7(2)3;1-4-5-6(2)3;1-4-5(2)3/h6H,3-5H2,1-2H3,(H4,8,9,10);7H,3-6,8H2,1-2H3;7H,4-6H2,1-3H3;6H,4-5H2,1-3H3;5H,4H2,1-3H3. The van der Waals surface area contributed by atoms with Crippen molar-refractivity contribution in [2.45, 2.75) is 161 Å². The SMILES string of the molecule is CC(C)CCCCN.CC(C)CCCN=C(N)N.CCC(C)C.CCCC(C)C.CCCCC(C)C. The van der Waals surface area contributed by atoms with Crippen molar-refractivity contribution in [3.8, 4) is 0 Å². The number of guanidine groups is 1. The highest BCUT2D eigenvalue weighted by atomic mass is 15.0. The highest BCUT2D eigenvalue weighted by molar-refractivity contribution is 5.75. The van der Waals surface area contributed by atoms with Crippen LogP contribution in [-0.4, -0.2) is 19.0 Å². The Labute approximate surface area is 231 Å². The molecule has 224 valence electrons. The van der Waals surface area contributed by atoms with E-state index in [2.05, 4.69) is 95.0 Å². The first-order valence-corrected chi connectivity index (χ1v) is 15.5. The third-order valence-electron chi connectivity index (χ3n) is 5.29. The molecule has 0 saturated heterocycles. The monoisotopic (exact) mass is 517 g/mol. The van der Waals surface area contributed by atoms with E-state index in [9.17, 15) is 0 Å². The molecule has 0 unspecified atom stereocenters. The molecule has 0 aromatic heterocycles. The predicted molar refractivity (Wildman–Crippen MR) is 172 cm³/mol. The molecule has 0 aliphatic rings. The number of nitrogens with zero attached hydrogens (tertiary/aromatic N) is 1. The molecule has 4 nitrogen and oxygen atoms in total. The Kier molecular flexibility index (Phi) is 48.6. The summed E-state index contributed by atoms with van der Waals surface area (Å²) in [6.45, 7) is 30.6. The molecule has 0 radical (unpaired) electrons. The van der Waals surface area contributed by atoms with E-state index < -0.39 is 0 Å². The smallest absolute Gasteiger partial charge is 0.185 e. The highest BCUT2D eigenvalue weighted by Crippen LogP contribution is 2.05. The maximum atomic E-state index is 5.31. The third-order valence-corrected chi connectivity index (χ3v) is 5.29. The van der Waals surface area contributed by atoms with Gasteiger partial charge in [-0.3, -0.25) is 4.99 Å². The maximum Gasteiger partial charge on any atom is 0.185 e. The minimum absolute atomic E-state index is 0.198. The van der Waals surface area contributed by atoms with Crippen molar-refractivity contribution in [1.82, 2.24) is 0 Å². The number of hydrogen-bond donors (Lipinski definition) is 3. The van der Waals surface area contributed by atoms with E-state index in [0.717, 1.165) is 49.1 Å². The Morgan fingerprint density at radius 1 is 0.528 bits per heavy atom. The zero-order chi connectivity index (χ0) is 29.4. The first-order chi connectivity index (χ1) is 16.7. The van der Waals surface area contributed by atoms with Crippen LogP contribution in [0.2, 0.25) is 0 Å². The van der Waals surface area contributed by atoms with E-state index in [1.807, 2.05) is 0 Å². The zero-order valence-electron chi connectivity index (χ0n) is 27.8. The molecule has 6 N–H and O–H groups in total. The fourth-order valence-electron chi connectivity index (χ4n) is 2.59. The molecule has 0 aliphatic heterocycles. The summed E-state index contributed by atoms with van der Waals surface area (Å²) in [5, 5.41) is 0. The number of hydrogen-bond acceptors (Lipinski definition) is 2. The van der Waals surface area contributed by atoms with Gasteiger partial charge in [-0.1, -0.05) is 141 Å². The van der Waals surface area contributed by atoms with E-state index in [-0.39, 0.29) is 5.96 Å². The van der Waals surface area contributed by atoms with Crippen molar-refractivity contribution in [2.24, 2.45) is 51.8 Å². The molecule has 0 spiro atoms. The molecular formula is C32H76N4. The van der Waals surface area contributed by atoms with Crippen LogP contribution < -0.4 is 17.2 Å². The van der Waals surface area contributed by atoms with Crippen LogP contribution >= 0.6 is 0 Å². The van der Waals surface area contributed by atoms with Crippen LogP contribution in [0.25, 0.3) is 0 Å². The van der Waals surface area contributed by atoms with Gasteiger partial charge in [-0.25, -0.2) is 0 Å². The molecule has 36 heavy (non-hydrogen) atoms. The van der Waals surface area contributed by atoms with E-state index in [1.54, 1.807) is 0 Å². The number of rotatable bonds is 14. The molecule has 0 heterocycles. The lowest BCUT2D eigenvalue weighted by Crippen LogP contribution is -2.22. The predicted octanol–water partition coefficient (Wildman–Crippen LogP) is 9.79. The van der Waals surface area contributed by atoms with E-state index in [1.165, 1.54) is 64.2 Å². The van der Waals surface area contributed by atoms with Crippen LogP contribution in [0.5, 0.6) is 0 Å². The fourth-order valence-corrected chi connectivity index (χ4v) is 2.59. The Balaban J connectivity index is -0.000000114. The fraction of sp³-hybridized carbons (Fsp3) is 0.969. The van der Waals surface area contributed by atoms with Crippen LogP contribution in [0.1, 0.15) is 161 Å². The van der Waals surface area contributed by atoms with Gasteiger partial charge in [-0.05, 0) is 55.4 Å². The Hall–Kier alpha value is -0.770. The van der Waals surface area contributed by atoms with Crippen molar-refractivity contribution >= 4 is 5.96 Å². The normalized spacial score (nSPS) is 10.1. The molecular weight excluding hydrogens is 440 g/mol. The molecule has 0 aliphatic carbocycles. The van der Waals surface area contributed by atoms with E-state index >= 15 is 0 Å². The van der Waals surface area contributed by atoms with Crippen molar-refractivity contribution in [2.75, 3.05) is 13.1 Å². The summed E-state index contributed by atoms with van der Waals surface area (Å²) in [6.07, 6.45) is 14.2. The number of nitrogens with two attached hydrogens (primary N) is 3. The van der Waals surface area contributed by atoms with E-state index in [0.29, 0.717) is 0 Å². The van der Waals surface area contributed by atoms with Crippen molar-refractivity contribution < 1.29 is 0 Å². The molecule has 0 atom stereocenters. The number of aliphatic imine (C=N–C) groups is 1. The average Bonchev–Trinajstić information content (AvgIpc) is 2.76. The van der Waals surface area contributed by atoms with Crippen molar-refractivity contribution in [3.63, 3.8) is 0 Å². The van der Waals surface area contributed by atoms with Crippen LogP contribution in [0, 0.1) is 29.6 Å². The maximum absolute atomic E-state index is 5.31. The topological polar surface area (TPSA) is 90.4 Å². The Morgan fingerprint density at radius 3 is 1.14 bits per heavy atom. The first kappa shape index (κ1) is 45.2. The largest absolute Gasteiger partial charge is 0.370 e. The lowest BCUT2D eigenvalue weighted by molar-refractivity contribution is 0.541. The zero-order valence-corrected chi connectivity index (χ0v) is 27.8. The summed E-state index contributed by atoms with van der Waals surface area (Å²) in [7, 11) is 0. The summed E-state index contributed by atoms with van der Waals surface area (Å²) >= 11 is 0. The van der Waals surface area contributed by atoms with Gasteiger partial charge in [-0.15, -0.1) is 0 Å². The van der Waals surface area contributed by atoms with Crippen molar-refractivity contribution in [3.05, 3.63) is 0 Å². The summed E-state index contributed by atoms with van der Waals surface area (Å²) in [5.41, 5.74) is 15.6. The second-order valence-corrected chi connectivity index (χ2v) is 12.0. The van der Waals surface area contributed by atoms with E-state index in [4.69, 9.17) is 17.2 Å². The molecule has 0 saturated carbocycles. The molecule has 0 aromatic carbocycles. The average molecular weight is 517 g/mol. The van der Waals surface area contributed by atoms with Crippen LogP contribution in [0.3, 0.4) is 0 Å². The summed E-state index contributed by atoms with van der Waals surface area (Å²) in [4.78, 5) is 3.87. The van der Waals surface area contributed by atoms with Crippen LogP contribution in [0.4, 0.5) is 0 Å². The van der Waals surface area contributed by atoms with Gasteiger partial charge in [0.15, 0.2) is 5.96 Å². The summed E-state index contributed by atoms with van der Waals surface area (Å²) < 4.78 is 0. The first-order valence-electron chi connectivity index (χ1n) is 15.5. The third kappa shape index (κ3) is 84.3. The summed E-state index contributed by atoms with van der Waals surface area (Å²) in [6, 6.07) is 0. The Morgan fingerprint density at radius 2 is 0.917 bits per heavy atom. The van der Waals surface area contributed by atoms with Gasteiger partial charge >= 0.3 is 0 Å². The molecule has 0 aromatic rings. The molecule has 0 rings (SSSR count). The van der Waals surface area contributed by atoms with Crippen LogP contribution in [-0.2, 0) is 0 Å². The lowest BCUT2D eigenvalue weighted by atomic mass is 10.1. The molecule has 0 fully saturated rings. The lowest BCUT2D eigenvalue weighted by Gasteiger charge is -2.00. The second kappa shape index (κ2) is 38.8. The molecule has 0 bridgehead atoms. The molecule has 4 heteroatoms. The van der Waals surface area contributed by atoms with Gasteiger partial charge in [0.05, 0.1) is 0 Å². The van der Waals surface area contributed by atoms with Gasteiger partial charge in [0.25, 0.3) is 0 Å². The van der Waals surface area contributed by atoms with Gasteiger partial charge in [0.1, 0.15) is 0 Å². The Bertz CT molecular complexity index is 370. The quantitative estimate of drug-likeness (QED) is 0.122. The number of unbranched alkanes of at least 4 members (excludes halogenated alkanes) is 2. The van der Waals surface area contributed by atoms with Gasteiger partial charge in [-0.2, -0.15) is 0 Å². The van der Waals surface area contributed by atoms with Gasteiger partial charge in [0, 0.05) is 6.54 Å². The highest BCUT2D eigenvalue weighted by Gasteiger charge is 1.92. The second-order valence-electron chi connectivity index (χ2n) is 12.0. The van der Waals surface area contributed by atoms with Crippen molar-refractivity contribution in [1.29, 1.82) is 0 Å². The minimum atomic E-state index is 0.198.